The van der Waals surface area contributed by atoms with E-state index in [1.807, 2.05) is 17.0 Å². The first kappa shape index (κ1) is 15.6. The van der Waals surface area contributed by atoms with Crippen molar-refractivity contribution in [1.82, 2.24) is 9.88 Å². The quantitative estimate of drug-likeness (QED) is 0.698. The zero-order chi connectivity index (χ0) is 17.2. The Bertz CT molecular complexity index is 887. The summed E-state index contributed by atoms with van der Waals surface area (Å²) >= 11 is 0. The van der Waals surface area contributed by atoms with Crippen LogP contribution in [0.15, 0.2) is 65.3 Å². The van der Waals surface area contributed by atoms with Crippen molar-refractivity contribution in [2.24, 2.45) is 0 Å². The molecule has 25 heavy (non-hydrogen) atoms. The average Bonchev–Trinajstić information content (AvgIpc) is 3.37. The first-order valence-electron chi connectivity index (χ1n) is 8.27. The molecule has 4 nitrogen and oxygen atoms in total. The Balaban J connectivity index is 1.58. The zero-order valence-corrected chi connectivity index (χ0v) is 13.6. The van der Waals surface area contributed by atoms with Gasteiger partial charge in [-0.25, -0.2) is 4.39 Å². The number of carbonyl (C=O) groups is 1. The molecule has 0 saturated heterocycles. The van der Waals surface area contributed by atoms with E-state index in [-0.39, 0.29) is 23.5 Å². The van der Waals surface area contributed by atoms with E-state index in [9.17, 15) is 9.18 Å². The molecule has 0 N–H and O–H groups in total. The Morgan fingerprint density at radius 1 is 1.12 bits per heavy atom. The highest BCUT2D eigenvalue weighted by Gasteiger charge is 2.34. The van der Waals surface area contributed by atoms with Crippen LogP contribution in [0, 0.1) is 5.82 Å². The maximum atomic E-state index is 13.9. The van der Waals surface area contributed by atoms with Crippen molar-refractivity contribution in [3.8, 4) is 11.3 Å². The van der Waals surface area contributed by atoms with Gasteiger partial charge in [0.2, 0.25) is 0 Å². The highest BCUT2D eigenvalue weighted by Crippen LogP contribution is 2.31. The molecular weight excluding hydrogens is 319 g/mol. The van der Waals surface area contributed by atoms with Gasteiger partial charge in [-0.05, 0) is 54.8 Å². The second-order valence-electron chi connectivity index (χ2n) is 6.16. The summed E-state index contributed by atoms with van der Waals surface area (Å²) in [7, 11) is 0. The number of benzene rings is 1. The van der Waals surface area contributed by atoms with E-state index < -0.39 is 0 Å². The van der Waals surface area contributed by atoms with E-state index in [0.29, 0.717) is 17.9 Å². The molecule has 1 aromatic carbocycles. The van der Waals surface area contributed by atoms with Crippen LogP contribution in [0.2, 0.25) is 0 Å². The van der Waals surface area contributed by atoms with Gasteiger partial charge in [-0.2, -0.15) is 0 Å². The second-order valence-corrected chi connectivity index (χ2v) is 6.16. The number of furan rings is 1. The molecule has 1 aliphatic rings. The van der Waals surface area contributed by atoms with E-state index >= 15 is 0 Å². The molecule has 4 rings (SSSR count). The fourth-order valence-corrected chi connectivity index (χ4v) is 2.84. The van der Waals surface area contributed by atoms with Gasteiger partial charge in [0.25, 0.3) is 5.91 Å². The van der Waals surface area contributed by atoms with Crippen molar-refractivity contribution >= 4 is 5.91 Å². The summed E-state index contributed by atoms with van der Waals surface area (Å²) in [4.78, 5) is 18.7. The van der Waals surface area contributed by atoms with E-state index in [2.05, 4.69) is 4.98 Å². The van der Waals surface area contributed by atoms with Crippen LogP contribution in [0.25, 0.3) is 11.3 Å². The third kappa shape index (κ3) is 3.31. The minimum atomic E-state index is -0.369. The van der Waals surface area contributed by atoms with E-state index in [1.54, 1.807) is 42.7 Å². The van der Waals surface area contributed by atoms with Gasteiger partial charge in [-0.3, -0.25) is 9.78 Å². The van der Waals surface area contributed by atoms with Gasteiger partial charge >= 0.3 is 0 Å². The maximum absolute atomic E-state index is 13.9. The number of aromatic nitrogens is 1. The van der Waals surface area contributed by atoms with Gasteiger partial charge in [0.05, 0.1) is 5.56 Å². The fraction of sp³-hybridized carbons (Fsp3) is 0.200. The van der Waals surface area contributed by atoms with Crippen molar-refractivity contribution in [3.05, 3.63) is 78.1 Å². The van der Waals surface area contributed by atoms with Crippen molar-refractivity contribution in [1.29, 1.82) is 0 Å². The maximum Gasteiger partial charge on any atom is 0.290 e. The second kappa shape index (κ2) is 6.51. The molecule has 0 unspecified atom stereocenters. The van der Waals surface area contributed by atoms with Crippen LogP contribution in [0.3, 0.4) is 0 Å². The summed E-state index contributed by atoms with van der Waals surface area (Å²) < 4.78 is 19.6. The fourth-order valence-electron chi connectivity index (χ4n) is 2.84. The number of pyridine rings is 1. The predicted molar refractivity (Wildman–Crippen MR) is 91.2 cm³/mol. The Hall–Kier alpha value is -2.95. The number of nitrogens with zero attached hydrogens (tertiary/aromatic N) is 2. The average molecular weight is 336 g/mol. The molecule has 1 saturated carbocycles. The summed E-state index contributed by atoms with van der Waals surface area (Å²) in [6.45, 7) is 0.516. The summed E-state index contributed by atoms with van der Waals surface area (Å²) in [6, 6.07) is 13.7. The largest absolute Gasteiger partial charge is 0.451 e. The first-order chi connectivity index (χ1) is 12.2. The summed E-state index contributed by atoms with van der Waals surface area (Å²) in [5.41, 5.74) is 1.38. The molecule has 0 aliphatic heterocycles. The molecule has 2 heterocycles. The molecular formula is C20H17FN2O2. The summed E-state index contributed by atoms with van der Waals surface area (Å²) in [6.07, 6.45) is 5.43. The van der Waals surface area contributed by atoms with E-state index in [1.165, 1.54) is 6.07 Å². The normalized spacial score (nSPS) is 13.6. The third-order valence-corrected chi connectivity index (χ3v) is 4.31. The SMILES string of the molecule is O=C(c1ccc(-c2ccccc2F)o1)N(Cc1ccncc1)C1CC1. The minimum Gasteiger partial charge on any atom is -0.451 e. The number of carbonyl (C=O) groups excluding carboxylic acids is 1. The Kier molecular flexibility index (Phi) is 4.06. The topological polar surface area (TPSA) is 46.3 Å². The Labute approximate surface area is 144 Å². The molecule has 0 bridgehead atoms. The molecule has 0 radical (unpaired) electrons. The number of hydrogen-bond donors (Lipinski definition) is 0. The Morgan fingerprint density at radius 3 is 2.60 bits per heavy atom. The summed E-state index contributed by atoms with van der Waals surface area (Å²) in [5.74, 6) is 0.0638. The van der Waals surface area contributed by atoms with Crippen LogP contribution in [-0.4, -0.2) is 21.8 Å². The van der Waals surface area contributed by atoms with Crippen molar-refractivity contribution in [2.75, 3.05) is 0 Å². The number of halogens is 1. The molecule has 0 atom stereocenters. The lowest BCUT2D eigenvalue weighted by Gasteiger charge is -2.21. The van der Waals surface area contributed by atoms with Crippen molar-refractivity contribution in [3.63, 3.8) is 0 Å². The van der Waals surface area contributed by atoms with Crippen LogP contribution in [0.5, 0.6) is 0 Å². The van der Waals surface area contributed by atoms with Gasteiger partial charge in [-0.1, -0.05) is 12.1 Å². The van der Waals surface area contributed by atoms with Crippen LogP contribution >= 0.6 is 0 Å². The summed E-state index contributed by atoms with van der Waals surface area (Å²) in [5, 5.41) is 0. The van der Waals surface area contributed by atoms with Gasteiger partial charge in [-0.15, -0.1) is 0 Å². The van der Waals surface area contributed by atoms with E-state index in [0.717, 1.165) is 18.4 Å². The molecule has 126 valence electrons. The monoisotopic (exact) mass is 336 g/mol. The highest BCUT2D eigenvalue weighted by molar-refractivity contribution is 5.92. The highest BCUT2D eigenvalue weighted by atomic mass is 19.1. The lowest BCUT2D eigenvalue weighted by molar-refractivity contribution is 0.0698. The third-order valence-electron chi connectivity index (χ3n) is 4.31. The smallest absolute Gasteiger partial charge is 0.290 e. The van der Waals surface area contributed by atoms with Gasteiger partial charge < -0.3 is 9.32 Å². The predicted octanol–water partition coefficient (Wildman–Crippen LogP) is 4.29. The number of amides is 1. The van der Waals surface area contributed by atoms with Crippen LogP contribution < -0.4 is 0 Å². The first-order valence-corrected chi connectivity index (χ1v) is 8.27. The number of rotatable bonds is 5. The standard InChI is InChI=1S/C20H17FN2O2/c21-17-4-2-1-3-16(17)18-7-8-19(25-18)20(24)23(15-5-6-15)13-14-9-11-22-12-10-14/h1-4,7-12,15H,5-6,13H2. The van der Waals surface area contributed by atoms with Crippen LogP contribution in [0.4, 0.5) is 4.39 Å². The van der Waals surface area contributed by atoms with E-state index in [4.69, 9.17) is 4.42 Å². The molecule has 3 aromatic rings. The molecule has 1 aliphatic carbocycles. The lowest BCUT2D eigenvalue weighted by atomic mass is 10.1. The molecule has 2 aromatic heterocycles. The van der Waals surface area contributed by atoms with Gasteiger partial charge in [0.1, 0.15) is 11.6 Å². The van der Waals surface area contributed by atoms with Crippen LogP contribution in [0.1, 0.15) is 29.0 Å². The molecule has 0 spiro atoms. The van der Waals surface area contributed by atoms with Crippen LogP contribution in [-0.2, 0) is 6.54 Å². The Morgan fingerprint density at radius 2 is 1.88 bits per heavy atom. The van der Waals surface area contributed by atoms with Gasteiger partial charge in [0, 0.05) is 25.0 Å². The molecule has 1 fully saturated rings. The molecule has 1 amide bonds. The lowest BCUT2D eigenvalue weighted by Crippen LogP contribution is -2.32. The zero-order valence-electron chi connectivity index (χ0n) is 13.6. The number of hydrogen-bond acceptors (Lipinski definition) is 3. The minimum absolute atomic E-state index is 0.165. The van der Waals surface area contributed by atoms with Crippen molar-refractivity contribution < 1.29 is 13.6 Å². The molecule has 5 heteroatoms. The van der Waals surface area contributed by atoms with Gasteiger partial charge in [0.15, 0.2) is 5.76 Å². The van der Waals surface area contributed by atoms with Crippen molar-refractivity contribution in [2.45, 2.75) is 25.4 Å².